The third-order valence-electron chi connectivity index (χ3n) is 2.88. The molecule has 0 unspecified atom stereocenters. The largest absolute Gasteiger partial charge is 0.298 e. The van der Waals surface area contributed by atoms with Gasteiger partial charge in [0, 0.05) is 16.2 Å². The molecule has 5 heteroatoms. The summed E-state index contributed by atoms with van der Waals surface area (Å²) in [7, 11) is -3.38. The van der Waals surface area contributed by atoms with Crippen molar-refractivity contribution in [2.24, 2.45) is 0 Å². The molecule has 1 aromatic carbocycles. The van der Waals surface area contributed by atoms with E-state index in [1.807, 2.05) is 24.3 Å². The highest BCUT2D eigenvalue weighted by Crippen LogP contribution is 2.19. The zero-order valence-electron chi connectivity index (χ0n) is 10.0. The van der Waals surface area contributed by atoms with Crippen molar-refractivity contribution in [1.29, 1.82) is 0 Å². The Labute approximate surface area is 116 Å². The summed E-state index contributed by atoms with van der Waals surface area (Å²) in [5.74, 6) is -0.277. The molecule has 3 nitrogen and oxygen atoms in total. The molecule has 0 saturated carbocycles. The number of carbonyl (C=O) groups is 1. The summed E-state index contributed by atoms with van der Waals surface area (Å²) in [5.41, 5.74) is 0.840. The van der Waals surface area contributed by atoms with Gasteiger partial charge in [-0.25, -0.2) is 8.42 Å². The van der Waals surface area contributed by atoms with E-state index in [4.69, 9.17) is 0 Å². The predicted octanol–water partition coefficient (Wildman–Crippen LogP) is 2.23. The minimum absolute atomic E-state index is 0.150. The van der Waals surface area contributed by atoms with Crippen LogP contribution >= 0.6 is 22.6 Å². The van der Waals surface area contributed by atoms with Crippen LogP contribution in [0.3, 0.4) is 0 Å². The Bertz CT molecular complexity index is 515. The van der Waals surface area contributed by atoms with Crippen molar-refractivity contribution in [3.05, 3.63) is 33.4 Å². The highest BCUT2D eigenvalue weighted by atomic mass is 127. The third-order valence-corrected chi connectivity index (χ3v) is 5.68. The van der Waals surface area contributed by atoms with E-state index >= 15 is 0 Å². The van der Waals surface area contributed by atoms with Crippen LogP contribution in [0.15, 0.2) is 24.3 Å². The molecule has 0 atom stereocenters. The molecule has 0 bridgehead atoms. The van der Waals surface area contributed by atoms with Crippen LogP contribution in [0.1, 0.15) is 19.4 Å². The summed E-state index contributed by atoms with van der Waals surface area (Å²) in [6.45, 7) is 2.91. The van der Waals surface area contributed by atoms with Gasteiger partial charge in [0.05, 0.1) is 0 Å². The number of carbonyl (C=O) groups excluding carboxylic acids is 1. The van der Waals surface area contributed by atoms with Gasteiger partial charge in [0.2, 0.25) is 0 Å². The first-order valence-corrected chi connectivity index (χ1v) is 8.09. The van der Waals surface area contributed by atoms with E-state index in [9.17, 15) is 13.2 Å². The van der Waals surface area contributed by atoms with Crippen LogP contribution in [0.25, 0.3) is 0 Å². The maximum atomic E-state index is 12.0. The number of sulfone groups is 1. The van der Waals surface area contributed by atoms with Crippen LogP contribution < -0.4 is 0 Å². The Balaban J connectivity index is 2.90. The molecule has 17 heavy (non-hydrogen) atoms. The molecule has 1 aromatic rings. The number of rotatable bonds is 4. The first-order valence-electron chi connectivity index (χ1n) is 5.12. The average Bonchev–Trinajstić information content (AvgIpc) is 2.19. The van der Waals surface area contributed by atoms with Crippen LogP contribution in [0.5, 0.6) is 0 Å². The van der Waals surface area contributed by atoms with Crippen LogP contribution in [-0.2, 0) is 21.1 Å². The van der Waals surface area contributed by atoms with Crippen molar-refractivity contribution >= 4 is 38.2 Å². The number of hydrogen-bond acceptors (Lipinski definition) is 3. The Kier molecular flexibility index (Phi) is 4.35. The molecule has 0 fully saturated rings. The summed E-state index contributed by atoms with van der Waals surface area (Å²) in [6.07, 6.45) is 1.25. The van der Waals surface area contributed by atoms with E-state index in [1.165, 1.54) is 13.8 Å². The fourth-order valence-corrected chi connectivity index (χ4v) is 2.05. The summed E-state index contributed by atoms with van der Waals surface area (Å²) in [4.78, 5) is 12.0. The molecule has 0 spiro atoms. The SMILES string of the molecule is CC(C)(C(=O)Cc1ccc(I)cc1)S(C)(=O)=O. The first kappa shape index (κ1) is 14.6. The predicted molar refractivity (Wildman–Crippen MR) is 76.8 cm³/mol. The normalized spacial score (nSPS) is 12.5. The van der Waals surface area contributed by atoms with Gasteiger partial charge in [0.25, 0.3) is 0 Å². The van der Waals surface area contributed by atoms with E-state index in [2.05, 4.69) is 22.6 Å². The van der Waals surface area contributed by atoms with Crippen LogP contribution in [0, 0.1) is 3.57 Å². The topological polar surface area (TPSA) is 51.2 Å². The van der Waals surface area contributed by atoms with E-state index in [-0.39, 0.29) is 12.2 Å². The van der Waals surface area contributed by atoms with Gasteiger partial charge in [-0.3, -0.25) is 4.79 Å². The Morgan fingerprint density at radius 1 is 1.24 bits per heavy atom. The van der Waals surface area contributed by atoms with Gasteiger partial charge in [-0.2, -0.15) is 0 Å². The minimum Gasteiger partial charge on any atom is -0.298 e. The molecule has 94 valence electrons. The third kappa shape index (κ3) is 3.51. The van der Waals surface area contributed by atoms with Gasteiger partial charge < -0.3 is 0 Å². The molecule has 0 N–H and O–H groups in total. The van der Waals surface area contributed by atoms with Crippen LogP contribution in [0.2, 0.25) is 0 Å². The monoisotopic (exact) mass is 366 g/mol. The van der Waals surface area contributed by atoms with E-state index in [0.29, 0.717) is 0 Å². The lowest BCUT2D eigenvalue weighted by atomic mass is 10.0. The second-order valence-corrected chi connectivity index (χ2v) is 8.32. The number of Topliss-reactive ketones (excluding diaryl/α,β-unsaturated/α-hetero) is 1. The molecular weight excluding hydrogens is 351 g/mol. The quantitative estimate of drug-likeness (QED) is 0.768. The standard InChI is InChI=1S/C12H15IO3S/c1-12(2,17(3,15)16)11(14)8-9-4-6-10(13)7-5-9/h4-7H,8H2,1-3H3. The molecule has 0 saturated heterocycles. The number of halogens is 1. The van der Waals surface area contributed by atoms with Crippen LogP contribution in [-0.4, -0.2) is 25.2 Å². The summed E-state index contributed by atoms with van der Waals surface area (Å²) >= 11 is 2.18. The van der Waals surface area contributed by atoms with Gasteiger partial charge in [0.15, 0.2) is 15.6 Å². The van der Waals surface area contributed by atoms with Crippen molar-refractivity contribution in [2.45, 2.75) is 25.0 Å². The van der Waals surface area contributed by atoms with Gasteiger partial charge in [-0.05, 0) is 54.1 Å². The number of benzene rings is 1. The molecule has 0 aliphatic heterocycles. The Morgan fingerprint density at radius 2 is 1.71 bits per heavy atom. The molecule has 0 aliphatic carbocycles. The van der Waals surface area contributed by atoms with Crippen molar-refractivity contribution in [3.63, 3.8) is 0 Å². The zero-order valence-corrected chi connectivity index (χ0v) is 13.0. The molecule has 0 heterocycles. The molecule has 0 aliphatic rings. The second-order valence-electron chi connectivity index (χ2n) is 4.51. The van der Waals surface area contributed by atoms with Crippen molar-refractivity contribution < 1.29 is 13.2 Å². The Hall–Kier alpha value is -0.430. The lowest BCUT2D eigenvalue weighted by Crippen LogP contribution is -2.40. The van der Waals surface area contributed by atoms with Gasteiger partial charge in [0.1, 0.15) is 4.75 Å². The van der Waals surface area contributed by atoms with Crippen molar-refractivity contribution in [2.75, 3.05) is 6.26 Å². The maximum absolute atomic E-state index is 12.0. The zero-order chi connectivity index (χ0) is 13.3. The fraction of sp³-hybridized carbons (Fsp3) is 0.417. The second kappa shape index (κ2) is 5.06. The Morgan fingerprint density at radius 3 is 2.12 bits per heavy atom. The van der Waals surface area contributed by atoms with E-state index in [0.717, 1.165) is 15.4 Å². The highest BCUT2D eigenvalue weighted by molar-refractivity contribution is 14.1. The van der Waals surface area contributed by atoms with Crippen molar-refractivity contribution in [1.82, 2.24) is 0 Å². The van der Waals surface area contributed by atoms with Gasteiger partial charge in [-0.1, -0.05) is 12.1 Å². The molecular formula is C12H15IO3S. The molecule has 0 aromatic heterocycles. The lowest BCUT2D eigenvalue weighted by Gasteiger charge is -2.20. The molecule has 0 amide bonds. The summed E-state index contributed by atoms with van der Waals surface area (Å²) < 4.78 is 22.8. The summed E-state index contributed by atoms with van der Waals surface area (Å²) in [5, 5.41) is 0. The number of ketones is 1. The highest BCUT2D eigenvalue weighted by Gasteiger charge is 2.37. The summed E-state index contributed by atoms with van der Waals surface area (Å²) in [6, 6.07) is 7.49. The van der Waals surface area contributed by atoms with E-state index in [1.54, 1.807) is 0 Å². The molecule has 1 rings (SSSR count). The lowest BCUT2D eigenvalue weighted by molar-refractivity contribution is -0.120. The maximum Gasteiger partial charge on any atom is 0.159 e. The minimum atomic E-state index is -3.38. The van der Waals surface area contributed by atoms with Crippen LogP contribution in [0.4, 0.5) is 0 Å². The van der Waals surface area contributed by atoms with E-state index < -0.39 is 14.6 Å². The fourth-order valence-electron chi connectivity index (χ4n) is 1.21. The average molecular weight is 366 g/mol. The smallest absolute Gasteiger partial charge is 0.159 e. The molecule has 0 radical (unpaired) electrons. The first-order chi connectivity index (χ1) is 7.64. The number of hydrogen-bond donors (Lipinski definition) is 0. The van der Waals surface area contributed by atoms with Crippen molar-refractivity contribution in [3.8, 4) is 0 Å². The van der Waals surface area contributed by atoms with Gasteiger partial charge in [-0.15, -0.1) is 0 Å². The van der Waals surface area contributed by atoms with Gasteiger partial charge >= 0.3 is 0 Å².